The van der Waals surface area contributed by atoms with Crippen LogP contribution >= 0.6 is 0 Å². The lowest BCUT2D eigenvalue weighted by Crippen LogP contribution is -2.32. The van der Waals surface area contributed by atoms with E-state index in [2.05, 4.69) is 17.1 Å². The molecule has 2 amide bonds. The van der Waals surface area contributed by atoms with Gasteiger partial charge in [-0.1, -0.05) is 48.4 Å². The summed E-state index contributed by atoms with van der Waals surface area (Å²) in [4.78, 5) is 41.9. The van der Waals surface area contributed by atoms with Crippen LogP contribution in [0.15, 0.2) is 54.6 Å². The zero-order valence-electron chi connectivity index (χ0n) is 14.4. The van der Waals surface area contributed by atoms with E-state index in [4.69, 9.17) is 4.84 Å². The third-order valence-electron chi connectivity index (χ3n) is 4.39. The van der Waals surface area contributed by atoms with Gasteiger partial charge in [0.05, 0.1) is 16.8 Å². The zero-order chi connectivity index (χ0) is 19.0. The van der Waals surface area contributed by atoms with Crippen molar-refractivity contribution in [2.75, 3.05) is 0 Å². The first-order valence-corrected chi connectivity index (χ1v) is 8.43. The topological polar surface area (TPSA) is 92.4 Å². The van der Waals surface area contributed by atoms with E-state index >= 15 is 0 Å². The van der Waals surface area contributed by atoms with Gasteiger partial charge in [-0.15, -0.1) is 0 Å². The molecular weight excluding hydrogens is 346 g/mol. The molecule has 7 heteroatoms. The number of aryl methyl sites for hydroxylation is 1. The average molecular weight is 361 g/mol. The number of hydroxylamine groups is 2. The van der Waals surface area contributed by atoms with Crippen LogP contribution in [0.2, 0.25) is 0 Å². The first kappa shape index (κ1) is 16.7. The zero-order valence-corrected chi connectivity index (χ0v) is 14.4. The van der Waals surface area contributed by atoms with Crippen LogP contribution in [0, 0.1) is 0 Å². The summed E-state index contributed by atoms with van der Waals surface area (Å²) < 4.78 is 0. The predicted octanol–water partition coefficient (Wildman–Crippen LogP) is 3.01. The van der Waals surface area contributed by atoms with Gasteiger partial charge in [-0.3, -0.25) is 14.7 Å². The van der Waals surface area contributed by atoms with Crippen molar-refractivity contribution in [1.29, 1.82) is 0 Å². The Balaban J connectivity index is 1.52. The lowest BCUT2D eigenvalue weighted by Gasteiger charge is -2.11. The second-order valence-corrected chi connectivity index (χ2v) is 6.05. The summed E-state index contributed by atoms with van der Waals surface area (Å²) in [7, 11) is 0. The third kappa shape index (κ3) is 2.89. The minimum Gasteiger partial charge on any atom is -0.323 e. The van der Waals surface area contributed by atoms with Crippen LogP contribution in [0.5, 0.6) is 0 Å². The number of imide groups is 1. The number of fused-ring (bicyclic) bond motifs is 1. The first-order valence-electron chi connectivity index (χ1n) is 8.43. The lowest BCUT2D eigenvalue weighted by molar-refractivity contribution is -0.0588. The first-order chi connectivity index (χ1) is 13.1. The van der Waals surface area contributed by atoms with E-state index in [1.54, 1.807) is 12.1 Å². The maximum Gasteiger partial charge on any atom is 0.381 e. The van der Waals surface area contributed by atoms with Crippen molar-refractivity contribution in [2.45, 2.75) is 13.3 Å². The largest absolute Gasteiger partial charge is 0.381 e. The number of rotatable bonds is 4. The molecule has 2 heterocycles. The molecule has 4 rings (SSSR count). The number of hydrogen-bond acceptors (Lipinski definition) is 5. The Bertz CT molecular complexity index is 1020. The van der Waals surface area contributed by atoms with Gasteiger partial charge in [-0.25, -0.2) is 4.79 Å². The molecule has 0 unspecified atom stereocenters. The van der Waals surface area contributed by atoms with Gasteiger partial charge in [0, 0.05) is 5.56 Å². The van der Waals surface area contributed by atoms with Crippen molar-refractivity contribution in [1.82, 2.24) is 15.3 Å². The summed E-state index contributed by atoms with van der Waals surface area (Å²) >= 11 is 0. The standard InChI is InChI=1S/C20H15N3O4/c1-2-12-7-9-13(10-8-12)16-11-17(22-21-16)20(26)27-23-18(24)14-5-3-4-6-15(14)19(23)25/h3-11H,2H2,1H3,(H,21,22). The number of aromatic nitrogens is 2. The van der Waals surface area contributed by atoms with E-state index in [-0.39, 0.29) is 16.8 Å². The van der Waals surface area contributed by atoms with Crippen LogP contribution < -0.4 is 0 Å². The highest BCUT2D eigenvalue weighted by atomic mass is 16.7. The van der Waals surface area contributed by atoms with Gasteiger partial charge < -0.3 is 4.84 Å². The lowest BCUT2D eigenvalue weighted by atomic mass is 10.1. The molecule has 1 aliphatic rings. The summed E-state index contributed by atoms with van der Waals surface area (Å²) in [5.41, 5.74) is 3.05. The molecule has 0 spiro atoms. The summed E-state index contributed by atoms with van der Waals surface area (Å²) in [5.74, 6) is -2.20. The van der Waals surface area contributed by atoms with E-state index in [1.165, 1.54) is 23.8 Å². The number of carbonyl (C=O) groups is 3. The van der Waals surface area contributed by atoms with Gasteiger partial charge in [0.25, 0.3) is 11.8 Å². The van der Waals surface area contributed by atoms with Crippen molar-refractivity contribution >= 4 is 17.8 Å². The second kappa shape index (κ2) is 6.53. The molecule has 2 aromatic carbocycles. The second-order valence-electron chi connectivity index (χ2n) is 6.05. The van der Waals surface area contributed by atoms with Gasteiger partial charge in [-0.2, -0.15) is 5.10 Å². The molecule has 27 heavy (non-hydrogen) atoms. The molecule has 0 fully saturated rings. The van der Waals surface area contributed by atoms with Gasteiger partial charge in [-0.05, 0) is 30.2 Å². The van der Waals surface area contributed by atoms with E-state index in [0.717, 1.165) is 12.0 Å². The molecule has 0 aliphatic carbocycles. The van der Waals surface area contributed by atoms with E-state index in [1.807, 2.05) is 24.3 Å². The number of nitrogens with one attached hydrogen (secondary N) is 1. The summed E-state index contributed by atoms with van der Waals surface area (Å²) in [6.07, 6.45) is 0.929. The van der Waals surface area contributed by atoms with E-state index in [9.17, 15) is 14.4 Å². The quantitative estimate of drug-likeness (QED) is 0.721. The van der Waals surface area contributed by atoms with Crippen molar-refractivity contribution in [3.8, 4) is 11.3 Å². The fourth-order valence-electron chi connectivity index (χ4n) is 2.87. The third-order valence-corrected chi connectivity index (χ3v) is 4.39. The summed E-state index contributed by atoms with van der Waals surface area (Å²) in [5, 5.41) is 7.16. The van der Waals surface area contributed by atoms with Crippen molar-refractivity contribution in [3.05, 3.63) is 77.0 Å². The molecular formula is C20H15N3O4. The average Bonchev–Trinajstić information content (AvgIpc) is 3.29. The van der Waals surface area contributed by atoms with E-state index < -0.39 is 17.8 Å². The van der Waals surface area contributed by atoms with Crippen molar-refractivity contribution < 1.29 is 19.2 Å². The Kier molecular flexibility index (Phi) is 4.04. The number of aromatic amines is 1. The highest BCUT2D eigenvalue weighted by Gasteiger charge is 2.39. The van der Waals surface area contributed by atoms with Gasteiger partial charge in [0.1, 0.15) is 5.69 Å². The molecule has 1 aliphatic heterocycles. The SMILES string of the molecule is CCc1ccc(-c2cc(C(=O)ON3C(=O)c4ccccc4C3=O)[nH]n2)cc1. The molecule has 0 bridgehead atoms. The molecule has 7 nitrogen and oxygen atoms in total. The fraction of sp³-hybridized carbons (Fsp3) is 0.100. The molecule has 3 aromatic rings. The van der Waals surface area contributed by atoms with Crippen LogP contribution in [0.4, 0.5) is 0 Å². The number of amides is 2. The Morgan fingerprint density at radius 2 is 1.67 bits per heavy atom. The molecule has 0 saturated heterocycles. The number of hydrogen-bond donors (Lipinski definition) is 1. The highest BCUT2D eigenvalue weighted by molar-refractivity contribution is 6.21. The predicted molar refractivity (Wildman–Crippen MR) is 95.8 cm³/mol. The number of H-pyrrole nitrogens is 1. The minimum absolute atomic E-state index is 0.0427. The van der Waals surface area contributed by atoms with Crippen molar-refractivity contribution in [3.63, 3.8) is 0 Å². The van der Waals surface area contributed by atoms with Crippen LogP contribution in [-0.2, 0) is 11.3 Å². The van der Waals surface area contributed by atoms with Crippen LogP contribution in [0.25, 0.3) is 11.3 Å². The van der Waals surface area contributed by atoms with Crippen LogP contribution in [-0.4, -0.2) is 33.0 Å². The van der Waals surface area contributed by atoms with Crippen molar-refractivity contribution in [2.24, 2.45) is 0 Å². The molecule has 0 atom stereocenters. The number of carbonyl (C=O) groups excluding carboxylic acids is 3. The Morgan fingerprint density at radius 1 is 1.04 bits per heavy atom. The Labute approximate surface area is 154 Å². The summed E-state index contributed by atoms with van der Waals surface area (Å²) in [6, 6.07) is 15.6. The minimum atomic E-state index is -0.867. The maximum atomic E-state index is 12.3. The van der Waals surface area contributed by atoms with Gasteiger partial charge >= 0.3 is 5.97 Å². The normalized spacial score (nSPS) is 13.0. The van der Waals surface area contributed by atoms with Gasteiger partial charge in [0.2, 0.25) is 0 Å². The number of nitrogens with zero attached hydrogens (tertiary/aromatic N) is 2. The Morgan fingerprint density at radius 3 is 2.26 bits per heavy atom. The molecule has 0 radical (unpaired) electrons. The molecule has 1 aromatic heterocycles. The molecule has 134 valence electrons. The van der Waals surface area contributed by atoms with E-state index in [0.29, 0.717) is 10.8 Å². The van der Waals surface area contributed by atoms with Gasteiger partial charge in [0.15, 0.2) is 0 Å². The maximum absolute atomic E-state index is 12.3. The fourth-order valence-corrected chi connectivity index (χ4v) is 2.87. The smallest absolute Gasteiger partial charge is 0.323 e. The molecule has 1 N–H and O–H groups in total. The van der Waals surface area contributed by atoms with Crippen LogP contribution in [0.1, 0.15) is 43.7 Å². The van der Waals surface area contributed by atoms with Crippen LogP contribution in [0.3, 0.4) is 0 Å². The highest BCUT2D eigenvalue weighted by Crippen LogP contribution is 2.24. The monoisotopic (exact) mass is 361 g/mol. The number of benzene rings is 2. The molecule has 0 saturated carbocycles. The summed E-state index contributed by atoms with van der Waals surface area (Å²) in [6.45, 7) is 2.07. The Hall–Kier alpha value is -3.74.